The topological polar surface area (TPSA) is 48.6 Å². The van der Waals surface area contributed by atoms with Gasteiger partial charge in [-0.05, 0) is 12.1 Å². The summed E-state index contributed by atoms with van der Waals surface area (Å²) in [6.45, 7) is 7.33. The van der Waals surface area contributed by atoms with Gasteiger partial charge in [0.1, 0.15) is 12.4 Å². The summed E-state index contributed by atoms with van der Waals surface area (Å²) in [5, 5.41) is 0.438. The summed E-state index contributed by atoms with van der Waals surface area (Å²) < 4.78 is 13.0. The lowest BCUT2D eigenvalue weighted by atomic mass is 10.2. The molecule has 126 valence electrons. The molecule has 0 unspecified atom stereocenters. The van der Waals surface area contributed by atoms with E-state index in [1.165, 1.54) is 0 Å². The Balaban J connectivity index is 1.70. The van der Waals surface area contributed by atoms with Crippen molar-refractivity contribution in [3.63, 3.8) is 0 Å². The molecule has 0 bridgehead atoms. The number of fused-ring (bicyclic) bond motifs is 1. The van der Waals surface area contributed by atoms with Gasteiger partial charge in [0.05, 0.1) is 41.2 Å². The van der Waals surface area contributed by atoms with E-state index in [9.17, 15) is 0 Å². The maximum Gasteiger partial charge on any atom is 0.184 e. The molecule has 1 fully saturated rings. The van der Waals surface area contributed by atoms with Gasteiger partial charge in [0.2, 0.25) is 0 Å². The molecule has 2 aromatic rings. The maximum absolute atomic E-state index is 6.34. The van der Waals surface area contributed by atoms with Crippen molar-refractivity contribution in [1.82, 2.24) is 9.55 Å². The number of benzene rings is 1. The van der Waals surface area contributed by atoms with Gasteiger partial charge in [-0.2, -0.15) is 0 Å². The molecule has 0 spiro atoms. The number of halogens is 1. The van der Waals surface area contributed by atoms with Crippen LogP contribution in [0.15, 0.2) is 53.4 Å². The molecule has 1 aliphatic heterocycles. The molecule has 2 heterocycles. The Kier molecular flexibility index (Phi) is 5.33. The van der Waals surface area contributed by atoms with E-state index in [0.29, 0.717) is 16.6 Å². The second-order valence-corrected chi connectivity index (χ2v) is 6.01. The zero-order chi connectivity index (χ0) is 16.9. The summed E-state index contributed by atoms with van der Waals surface area (Å²) in [7, 11) is 0. The number of allylic oxidation sites excluding steroid dienone is 2. The molecule has 0 atom stereocenters. The van der Waals surface area contributed by atoms with Crippen LogP contribution in [0.3, 0.4) is 0 Å². The third-order valence-corrected chi connectivity index (χ3v) is 4.20. The predicted molar refractivity (Wildman–Crippen MR) is 97.0 cm³/mol. The fraction of sp³-hybridized carbons (Fsp3) is 0.333. The van der Waals surface area contributed by atoms with Crippen molar-refractivity contribution in [3.05, 3.63) is 48.4 Å². The van der Waals surface area contributed by atoms with Gasteiger partial charge in [-0.25, -0.2) is 9.98 Å². The van der Waals surface area contributed by atoms with Gasteiger partial charge in [0.15, 0.2) is 5.90 Å². The summed E-state index contributed by atoms with van der Waals surface area (Å²) >= 11 is 6.34. The number of aliphatic imine (C=N–C) groups is 1. The van der Waals surface area contributed by atoms with Gasteiger partial charge in [0.25, 0.3) is 0 Å². The molecule has 1 aromatic heterocycles. The monoisotopic (exact) mass is 345 g/mol. The van der Waals surface area contributed by atoms with Gasteiger partial charge in [0, 0.05) is 19.8 Å². The Morgan fingerprint density at radius 3 is 2.96 bits per heavy atom. The van der Waals surface area contributed by atoms with Crippen molar-refractivity contribution in [3.8, 4) is 0 Å². The summed E-state index contributed by atoms with van der Waals surface area (Å²) in [5.41, 5.74) is 2.46. The summed E-state index contributed by atoms with van der Waals surface area (Å²) in [5.74, 6) is 0.586. The van der Waals surface area contributed by atoms with Gasteiger partial charge in [-0.3, -0.25) is 4.57 Å². The first-order chi connectivity index (χ1) is 11.6. The van der Waals surface area contributed by atoms with Crippen LogP contribution in [0.2, 0.25) is 0 Å². The molecule has 3 rings (SSSR count). The molecular weight excluding hydrogens is 326 g/mol. The SMILES string of the molecule is C=C(/C(Cl)=C\N=C(C)OC1CCOCC1)n1cnc2ccccc21. The summed E-state index contributed by atoms with van der Waals surface area (Å²) in [4.78, 5) is 8.63. The molecule has 0 radical (unpaired) electrons. The molecule has 1 aliphatic rings. The van der Waals surface area contributed by atoms with E-state index in [-0.39, 0.29) is 6.10 Å². The summed E-state index contributed by atoms with van der Waals surface area (Å²) in [6, 6.07) is 7.82. The molecule has 0 saturated carbocycles. The van der Waals surface area contributed by atoms with E-state index >= 15 is 0 Å². The Hall–Kier alpha value is -2.11. The highest BCUT2D eigenvalue weighted by molar-refractivity contribution is 6.35. The van der Waals surface area contributed by atoms with Crippen LogP contribution in [-0.4, -0.2) is 34.8 Å². The van der Waals surface area contributed by atoms with Gasteiger partial charge >= 0.3 is 0 Å². The molecule has 0 aliphatic carbocycles. The molecule has 6 heteroatoms. The zero-order valence-corrected chi connectivity index (χ0v) is 14.4. The Morgan fingerprint density at radius 1 is 1.42 bits per heavy atom. The number of hydrogen-bond donors (Lipinski definition) is 0. The minimum Gasteiger partial charge on any atom is -0.477 e. The van der Waals surface area contributed by atoms with E-state index in [2.05, 4.69) is 16.6 Å². The lowest BCUT2D eigenvalue weighted by Gasteiger charge is -2.22. The Morgan fingerprint density at radius 2 is 2.17 bits per heavy atom. The van der Waals surface area contributed by atoms with Crippen molar-refractivity contribution in [2.75, 3.05) is 13.2 Å². The minimum atomic E-state index is 0.162. The van der Waals surface area contributed by atoms with Gasteiger partial charge in [-0.1, -0.05) is 30.3 Å². The number of ether oxygens (including phenoxy) is 2. The maximum atomic E-state index is 6.34. The average molecular weight is 346 g/mol. The lowest BCUT2D eigenvalue weighted by Crippen LogP contribution is -2.25. The van der Waals surface area contributed by atoms with E-state index in [4.69, 9.17) is 21.1 Å². The minimum absolute atomic E-state index is 0.162. The van der Waals surface area contributed by atoms with E-state index in [1.807, 2.05) is 35.8 Å². The van der Waals surface area contributed by atoms with Crippen molar-refractivity contribution in [2.45, 2.75) is 25.9 Å². The Bertz CT molecular complexity index is 788. The van der Waals surface area contributed by atoms with Crippen LogP contribution < -0.4 is 0 Å². The first kappa shape index (κ1) is 16.7. The fourth-order valence-corrected chi connectivity index (χ4v) is 2.72. The number of imidazole rings is 1. The van der Waals surface area contributed by atoms with E-state index < -0.39 is 0 Å². The highest BCUT2D eigenvalue weighted by Crippen LogP contribution is 2.23. The second-order valence-electron chi connectivity index (χ2n) is 5.60. The number of nitrogens with zero attached hydrogens (tertiary/aromatic N) is 3. The number of rotatable bonds is 4. The smallest absolute Gasteiger partial charge is 0.184 e. The predicted octanol–water partition coefficient (Wildman–Crippen LogP) is 4.20. The molecule has 0 amide bonds. The third-order valence-electron chi connectivity index (χ3n) is 3.89. The van der Waals surface area contributed by atoms with Crippen LogP contribution in [0.5, 0.6) is 0 Å². The quantitative estimate of drug-likeness (QED) is 0.474. The first-order valence-electron chi connectivity index (χ1n) is 7.91. The van der Waals surface area contributed by atoms with Crippen molar-refractivity contribution in [1.29, 1.82) is 0 Å². The van der Waals surface area contributed by atoms with Crippen molar-refractivity contribution in [2.24, 2.45) is 4.99 Å². The highest BCUT2D eigenvalue weighted by atomic mass is 35.5. The fourth-order valence-electron chi connectivity index (χ4n) is 2.58. The molecule has 0 N–H and O–H groups in total. The van der Waals surface area contributed by atoms with Crippen LogP contribution in [0.4, 0.5) is 0 Å². The number of hydrogen-bond acceptors (Lipinski definition) is 4. The molecule has 24 heavy (non-hydrogen) atoms. The molecular formula is C18H20ClN3O2. The van der Waals surface area contributed by atoms with E-state index in [1.54, 1.807) is 12.5 Å². The lowest BCUT2D eigenvalue weighted by molar-refractivity contribution is 0.0200. The van der Waals surface area contributed by atoms with Crippen molar-refractivity contribution >= 4 is 34.2 Å². The van der Waals surface area contributed by atoms with Crippen LogP contribution in [0.1, 0.15) is 19.8 Å². The number of para-hydroxylation sites is 2. The zero-order valence-electron chi connectivity index (χ0n) is 13.6. The van der Waals surface area contributed by atoms with Crippen molar-refractivity contribution < 1.29 is 9.47 Å². The van der Waals surface area contributed by atoms with Crippen LogP contribution in [0, 0.1) is 0 Å². The first-order valence-corrected chi connectivity index (χ1v) is 8.29. The van der Waals surface area contributed by atoms with Crippen LogP contribution >= 0.6 is 11.6 Å². The van der Waals surface area contributed by atoms with Crippen LogP contribution in [-0.2, 0) is 9.47 Å². The van der Waals surface area contributed by atoms with Crippen LogP contribution in [0.25, 0.3) is 16.7 Å². The Labute approximate surface area is 146 Å². The third kappa shape index (κ3) is 3.86. The second kappa shape index (κ2) is 7.64. The summed E-state index contributed by atoms with van der Waals surface area (Å²) in [6.07, 6.45) is 5.21. The van der Waals surface area contributed by atoms with Gasteiger partial charge in [-0.15, -0.1) is 0 Å². The standard InChI is InChI=1S/C18H20ClN3O2/c1-13(22-12-21-17-5-3-4-6-18(17)22)16(19)11-20-14(2)24-15-7-9-23-10-8-15/h3-6,11-12,15H,1,7-10H2,2H3/b16-11+,20-14?. The average Bonchev–Trinajstić information content (AvgIpc) is 3.04. The number of aromatic nitrogens is 2. The molecule has 5 nitrogen and oxygen atoms in total. The van der Waals surface area contributed by atoms with Gasteiger partial charge < -0.3 is 9.47 Å². The highest BCUT2D eigenvalue weighted by Gasteiger charge is 2.15. The van der Waals surface area contributed by atoms with E-state index in [0.717, 1.165) is 37.1 Å². The molecule has 1 aromatic carbocycles. The molecule has 1 saturated heterocycles. The largest absolute Gasteiger partial charge is 0.477 e. The normalized spacial score (nSPS) is 17.2.